The molecule has 2 aromatic carbocycles. The lowest BCUT2D eigenvalue weighted by Gasteiger charge is -2.39. The SMILES string of the molecule is COc1nc(-c2cccc(-c3cccc(-c4ccc(CN5CC[C@H]5CO)c(OC)n4)c3Cl)c2Cl)ccc1CN1CC[C@H]1CO. The standard InChI is InChI=1S/C34H36Cl2N4O4/c1-43-33-21(17-39-15-13-23(39)19-41)9-11-29(37-33)27-7-3-5-25(31(27)35)26-6-4-8-28(32(26)36)30-12-10-22(34(38-30)44-2)18-40-16-14-24(40)20-42/h3-12,23-24,41-42H,13-20H2,1-2H3/t23-,24-/m0/s1. The summed E-state index contributed by atoms with van der Waals surface area (Å²) >= 11 is 14.1. The van der Waals surface area contributed by atoms with Crippen molar-refractivity contribution in [3.63, 3.8) is 0 Å². The van der Waals surface area contributed by atoms with E-state index in [4.69, 9.17) is 42.6 Å². The largest absolute Gasteiger partial charge is 0.481 e. The van der Waals surface area contributed by atoms with E-state index in [0.29, 0.717) is 46.3 Å². The molecule has 0 amide bonds. The maximum absolute atomic E-state index is 9.56. The number of hydrogen-bond donors (Lipinski definition) is 2. The minimum Gasteiger partial charge on any atom is -0.481 e. The Balaban J connectivity index is 1.30. The zero-order valence-corrected chi connectivity index (χ0v) is 26.4. The number of ether oxygens (including phenoxy) is 2. The third kappa shape index (κ3) is 5.90. The highest BCUT2D eigenvalue weighted by atomic mass is 35.5. The van der Waals surface area contributed by atoms with Crippen LogP contribution < -0.4 is 9.47 Å². The molecule has 0 radical (unpaired) electrons. The van der Waals surface area contributed by atoms with Gasteiger partial charge in [0.2, 0.25) is 11.8 Å². The molecule has 2 fully saturated rings. The molecular formula is C34H36Cl2N4O4. The minimum atomic E-state index is 0.152. The number of halogens is 2. The average Bonchev–Trinajstić information content (AvgIpc) is 3.02. The summed E-state index contributed by atoms with van der Waals surface area (Å²) in [5.74, 6) is 1.08. The molecule has 4 heterocycles. The summed E-state index contributed by atoms with van der Waals surface area (Å²) in [5.41, 5.74) is 6.41. The van der Waals surface area contributed by atoms with Gasteiger partial charge >= 0.3 is 0 Å². The summed E-state index contributed by atoms with van der Waals surface area (Å²) in [6.45, 7) is 3.52. The summed E-state index contributed by atoms with van der Waals surface area (Å²) in [4.78, 5) is 14.1. The lowest BCUT2D eigenvalue weighted by Crippen LogP contribution is -2.49. The van der Waals surface area contributed by atoms with Gasteiger partial charge < -0.3 is 19.7 Å². The second kappa shape index (κ2) is 13.4. The highest BCUT2D eigenvalue weighted by molar-refractivity contribution is 6.39. The lowest BCUT2D eigenvalue weighted by atomic mass is 9.97. The maximum Gasteiger partial charge on any atom is 0.218 e. The Morgan fingerprint density at radius 2 is 1.07 bits per heavy atom. The van der Waals surface area contributed by atoms with Gasteiger partial charge in [0.1, 0.15) is 0 Å². The molecule has 6 rings (SSSR count). The number of nitrogens with zero attached hydrogens (tertiary/aromatic N) is 4. The molecule has 8 nitrogen and oxygen atoms in total. The van der Waals surface area contributed by atoms with E-state index in [1.807, 2.05) is 60.7 Å². The van der Waals surface area contributed by atoms with E-state index >= 15 is 0 Å². The van der Waals surface area contributed by atoms with Gasteiger partial charge in [-0.25, -0.2) is 9.97 Å². The number of aliphatic hydroxyl groups is 2. The van der Waals surface area contributed by atoms with Crippen molar-refractivity contribution in [2.75, 3.05) is 40.5 Å². The number of aliphatic hydroxyl groups excluding tert-OH is 2. The highest BCUT2D eigenvalue weighted by Gasteiger charge is 2.29. The van der Waals surface area contributed by atoms with E-state index < -0.39 is 0 Å². The van der Waals surface area contributed by atoms with Crippen LogP contribution in [-0.4, -0.2) is 82.6 Å². The zero-order valence-electron chi connectivity index (χ0n) is 24.8. The van der Waals surface area contributed by atoms with Gasteiger partial charge in [-0.3, -0.25) is 9.80 Å². The second-order valence-electron chi connectivity index (χ2n) is 11.3. The molecule has 2 aliphatic rings. The molecule has 0 saturated carbocycles. The summed E-state index contributed by atoms with van der Waals surface area (Å²) in [5, 5.41) is 20.2. The van der Waals surface area contributed by atoms with Crippen LogP contribution in [0.3, 0.4) is 0 Å². The van der Waals surface area contributed by atoms with E-state index in [2.05, 4.69) is 9.80 Å². The second-order valence-corrected chi connectivity index (χ2v) is 12.0. The van der Waals surface area contributed by atoms with Crippen molar-refractivity contribution in [3.05, 3.63) is 81.8 Å². The van der Waals surface area contributed by atoms with E-state index in [1.54, 1.807) is 14.2 Å². The van der Waals surface area contributed by atoms with Gasteiger partial charge in [0.25, 0.3) is 0 Å². The fourth-order valence-corrected chi connectivity index (χ4v) is 6.61. The van der Waals surface area contributed by atoms with Crippen molar-refractivity contribution in [1.82, 2.24) is 19.8 Å². The fraction of sp³-hybridized carbons (Fsp3) is 0.353. The number of methoxy groups -OCH3 is 2. The Labute approximate surface area is 267 Å². The third-order valence-corrected chi connectivity index (χ3v) is 9.62. The Morgan fingerprint density at radius 1 is 0.659 bits per heavy atom. The van der Waals surface area contributed by atoms with Gasteiger partial charge in [0, 0.05) is 71.6 Å². The predicted molar refractivity (Wildman–Crippen MR) is 173 cm³/mol. The van der Waals surface area contributed by atoms with Crippen LogP contribution in [0.25, 0.3) is 33.6 Å². The van der Waals surface area contributed by atoms with Gasteiger partial charge in [-0.2, -0.15) is 0 Å². The van der Waals surface area contributed by atoms with Crippen LogP contribution in [-0.2, 0) is 13.1 Å². The normalized spacial score (nSPS) is 18.5. The number of benzene rings is 2. The van der Waals surface area contributed by atoms with Crippen molar-refractivity contribution >= 4 is 23.2 Å². The first kappa shape index (κ1) is 30.8. The molecule has 2 atom stereocenters. The first-order valence-corrected chi connectivity index (χ1v) is 15.6. The van der Waals surface area contributed by atoms with E-state index in [1.165, 1.54) is 0 Å². The monoisotopic (exact) mass is 634 g/mol. The Hall–Kier alpha value is -3.24. The lowest BCUT2D eigenvalue weighted by molar-refractivity contribution is 0.0349. The van der Waals surface area contributed by atoms with Gasteiger partial charge in [0.05, 0.1) is 48.9 Å². The van der Waals surface area contributed by atoms with Crippen LogP contribution in [0.5, 0.6) is 11.8 Å². The summed E-state index contributed by atoms with van der Waals surface area (Å²) < 4.78 is 11.3. The molecule has 230 valence electrons. The van der Waals surface area contributed by atoms with Crippen LogP contribution in [0.4, 0.5) is 0 Å². The minimum absolute atomic E-state index is 0.152. The number of rotatable bonds is 11. The van der Waals surface area contributed by atoms with Crippen LogP contribution in [0.2, 0.25) is 10.0 Å². The molecule has 4 aromatic rings. The van der Waals surface area contributed by atoms with E-state index in [9.17, 15) is 10.2 Å². The molecular weight excluding hydrogens is 599 g/mol. The van der Waals surface area contributed by atoms with Crippen LogP contribution in [0, 0.1) is 0 Å². The van der Waals surface area contributed by atoms with Crippen molar-refractivity contribution < 1.29 is 19.7 Å². The Kier molecular flexibility index (Phi) is 9.37. The Morgan fingerprint density at radius 3 is 1.41 bits per heavy atom. The molecule has 10 heteroatoms. The number of pyridine rings is 2. The molecule has 0 unspecified atom stereocenters. The molecule has 2 aromatic heterocycles. The molecule has 2 aliphatic heterocycles. The smallest absolute Gasteiger partial charge is 0.218 e. The molecule has 0 aliphatic carbocycles. The molecule has 44 heavy (non-hydrogen) atoms. The average molecular weight is 636 g/mol. The summed E-state index contributed by atoms with van der Waals surface area (Å²) in [6, 6.07) is 20.0. The topological polar surface area (TPSA) is 91.2 Å². The Bertz CT molecular complexity index is 1530. The number of hydrogen-bond acceptors (Lipinski definition) is 8. The molecule has 2 N–H and O–H groups in total. The van der Waals surface area contributed by atoms with Crippen LogP contribution >= 0.6 is 23.2 Å². The van der Waals surface area contributed by atoms with Gasteiger partial charge in [-0.15, -0.1) is 0 Å². The van der Waals surface area contributed by atoms with Crippen molar-refractivity contribution in [2.24, 2.45) is 0 Å². The van der Waals surface area contributed by atoms with Crippen molar-refractivity contribution in [2.45, 2.75) is 38.0 Å². The first-order valence-electron chi connectivity index (χ1n) is 14.8. The number of likely N-dealkylation sites (tertiary alicyclic amines) is 2. The fourth-order valence-electron chi connectivity index (χ4n) is 5.96. The van der Waals surface area contributed by atoms with Crippen molar-refractivity contribution in [3.8, 4) is 45.4 Å². The predicted octanol–water partition coefficient (Wildman–Crippen LogP) is 5.93. The first-order chi connectivity index (χ1) is 21.4. The third-order valence-electron chi connectivity index (χ3n) is 8.80. The highest BCUT2D eigenvalue weighted by Crippen LogP contribution is 2.42. The molecule has 0 bridgehead atoms. The van der Waals surface area contributed by atoms with Gasteiger partial charge in [0.15, 0.2) is 0 Å². The van der Waals surface area contributed by atoms with Crippen molar-refractivity contribution in [1.29, 1.82) is 0 Å². The summed E-state index contributed by atoms with van der Waals surface area (Å²) in [7, 11) is 3.23. The van der Waals surface area contributed by atoms with E-state index in [0.717, 1.165) is 59.3 Å². The van der Waals surface area contributed by atoms with Crippen LogP contribution in [0.15, 0.2) is 60.7 Å². The maximum atomic E-state index is 9.56. The quantitative estimate of drug-likeness (QED) is 0.210. The van der Waals surface area contributed by atoms with Crippen LogP contribution in [0.1, 0.15) is 24.0 Å². The van der Waals surface area contributed by atoms with Gasteiger partial charge in [-0.1, -0.05) is 71.7 Å². The zero-order chi connectivity index (χ0) is 30.8. The van der Waals surface area contributed by atoms with E-state index in [-0.39, 0.29) is 25.3 Å². The molecule has 2 saturated heterocycles. The number of aromatic nitrogens is 2. The van der Waals surface area contributed by atoms with Gasteiger partial charge in [-0.05, 0) is 25.0 Å². The molecule has 0 spiro atoms. The summed E-state index contributed by atoms with van der Waals surface area (Å²) in [6.07, 6.45) is 1.99.